The van der Waals surface area contributed by atoms with E-state index in [2.05, 4.69) is 10.3 Å². The van der Waals surface area contributed by atoms with Crippen molar-refractivity contribution in [3.8, 4) is 0 Å². The zero-order valence-electron chi connectivity index (χ0n) is 13.1. The van der Waals surface area contributed by atoms with Gasteiger partial charge in [0.1, 0.15) is 0 Å². The Morgan fingerprint density at radius 1 is 1.33 bits per heavy atom. The smallest absolute Gasteiger partial charge is 0.332 e. The van der Waals surface area contributed by atoms with Gasteiger partial charge in [0.05, 0.1) is 12.3 Å². The van der Waals surface area contributed by atoms with Gasteiger partial charge in [-0.3, -0.25) is 10.3 Å². The number of nitrogens with one attached hydrogen (secondary N) is 1. The number of rotatable bonds is 5. The van der Waals surface area contributed by atoms with Crippen LogP contribution < -0.4 is 5.32 Å². The predicted molar refractivity (Wildman–Crippen MR) is 82.8 cm³/mol. The van der Waals surface area contributed by atoms with Gasteiger partial charge in [-0.05, 0) is 38.8 Å². The van der Waals surface area contributed by atoms with Gasteiger partial charge >= 0.3 is 5.97 Å². The van der Waals surface area contributed by atoms with Crippen LogP contribution in [0.4, 0.5) is 0 Å². The van der Waals surface area contributed by atoms with Gasteiger partial charge in [0, 0.05) is 12.2 Å². The van der Waals surface area contributed by atoms with Gasteiger partial charge in [-0.2, -0.15) is 0 Å². The average Bonchev–Trinajstić information content (AvgIpc) is 2.77. The highest BCUT2D eigenvalue weighted by Gasteiger charge is 2.39. The first kappa shape index (κ1) is 16.0. The lowest BCUT2D eigenvalue weighted by Gasteiger charge is -2.32. The monoisotopic (exact) mass is 290 g/mol. The number of pyridine rings is 1. The Bertz CT molecular complexity index is 441. The first-order chi connectivity index (χ1) is 10.2. The Kier molecular flexibility index (Phi) is 5.74. The average molecular weight is 290 g/mol. The summed E-state index contributed by atoms with van der Waals surface area (Å²) in [5, 5.41) is 3.54. The fourth-order valence-electron chi connectivity index (χ4n) is 3.00. The van der Waals surface area contributed by atoms with Gasteiger partial charge in [-0.1, -0.05) is 31.7 Å². The van der Waals surface area contributed by atoms with Crippen molar-refractivity contribution < 1.29 is 9.53 Å². The fourth-order valence-corrected chi connectivity index (χ4v) is 3.00. The van der Waals surface area contributed by atoms with E-state index in [1.165, 1.54) is 25.7 Å². The van der Waals surface area contributed by atoms with E-state index < -0.39 is 5.54 Å². The molecule has 21 heavy (non-hydrogen) atoms. The van der Waals surface area contributed by atoms with Crippen molar-refractivity contribution >= 4 is 5.97 Å². The summed E-state index contributed by atoms with van der Waals surface area (Å²) in [4.78, 5) is 16.9. The molecule has 0 radical (unpaired) electrons. The SMILES string of the molecule is CCOC(=O)C(C)(NC1CCCCCC1)c1ccccn1. The van der Waals surface area contributed by atoms with Crippen LogP contribution in [-0.4, -0.2) is 23.6 Å². The molecule has 1 unspecified atom stereocenters. The van der Waals surface area contributed by atoms with Crippen LogP contribution in [-0.2, 0) is 15.1 Å². The molecular weight excluding hydrogens is 264 g/mol. The summed E-state index contributed by atoms with van der Waals surface area (Å²) in [6.45, 7) is 4.11. The van der Waals surface area contributed by atoms with Crippen LogP contribution in [0.5, 0.6) is 0 Å². The third-order valence-electron chi connectivity index (χ3n) is 4.21. The molecule has 0 spiro atoms. The molecule has 116 valence electrons. The molecule has 4 heteroatoms. The van der Waals surface area contributed by atoms with E-state index in [0.29, 0.717) is 12.6 Å². The highest BCUT2D eigenvalue weighted by atomic mass is 16.5. The topological polar surface area (TPSA) is 51.2 Å². The second kappa shape index (κ2) is 7.55. The van der Waals surface area contributed by atoms with Gasteiger partial charge < -0.3 is 4.74 Å². The summed E-state index contributed by atoms with van der Waals surface area (Å²) >= 11 is 0. The van der Waals surface area contributed by atoms with E-state index in [9.17, 15) is 4.79 Å². The molecular formula is C17H26N2O2. The van der Waals surface area contributed by atoms with Crippen LogP contribution >= 0.6 is 0 Å². The van der Waals surface area contributed by atoms with Crippen LogP contribution in [0.15, 0.2) is 24.4 Å². The second-order valence-corrected chi connectivity index (χ2v) is 5.89. The second-order valence-electron chi connectivity index (χ2n) is 5.89. The number of aromatic nitrogens is 1. The Morgan fingerprint density at radius 3 is 2.62 bits per heavy atom. The Hall–Kier alpha value is -1.42. The molecule has 1 fully saturated rings. The molecule has 0 saturated heterocycles. The molecule has 1 saturated carbocycles. The van der Waals surface area contributed by atoms with E-state index in [0.717, 1.165) is 18.5 Å². The van der Waals surface area contributed by atoms with E-state index in [-0.39, 0.29) is 5.97 Å². The summed E-state index contributed by atoms with van der Waals surface area (Å²) in [6, 6.07) is 6.01. The van der Waals surface area contributed by atoms with Crippen LogP contribution in [0.1, 0.15) is 58.1 Å². The molecule has 1 N–H and O–H groups in total. The van der Waals surface area contributed by atoms with Gasteiger partial charge in [-0.25, -0.2) is 4.79 Å². The molecule has 0 aromatic carbocycles. The first-order valence-corrected chi connectivity index (χ1v) is 8.03. The van der Waals surface area contributed by atoms with Gasteiger partial charge in [-0.15, -0.1) is 0 Å². The summed E-state index contributed by atoms with van der Waals surface area (Å²) in [5.41, 5.74) is -0.139. The minimum atomic E-state index is -0.869. The van der Waals surface area contributed by atoms with Crippen LogP contribution in [0.3, 0.4) is 0 Å². The van der Waals surface area contributed by atoms with E-state index in [1.807, 2.05) is 32.0 Å². The number of carbonyl (C=O) groups is 1. The van der Waals surface area contributed by atoms with Crippen molar-refractivity contribution in [2.45, 2.75) is 64.0 Å². The lowest BCUT2D eigenvalue weighted by Crippen LogP contribution is -2.52. The quantitative estimate of drug-likeness (QED) is 0.668. The lowest BCUT2D eigenvalue weighted by atomic mass is 9.94. The van der Waals surface area contributed by atoms with Crippen LogP contribution in [0.2, 0.25) is 0 Å². The van der Waals surface area contributed by atoms with Crippen molar-refractivity contribution in [3.05, 3.63) is 30.1 Å². The van der Waals surface area contributed by atoms with Gasteiger partial charge in [0.15, 0.2) is 5.54 Å². The Morgan fingerprint density at radius 2 is 2.05 bits per heavy atom. The molecule has 1 aromatic rings. The third-order valence-corrected chi connectivity index (χ3v) is 4.21. The summed E-state index contributed by atoms with van der Waals surface area (Å²) in [6.07, 6.45) is 8.97. The van der Waals surface area contributed by atoms with E-state index in [1.54, 1.807) is 6.20 Å². The fraction of sp³-hybridized carbons (Fsp3) is 0.647. The zero-order chi connectivity index (χ0) is 15.1. The molecule has 1 aliphatic rings. The maximum absolute atomic E-state index is 12.5. The molecule has 2 rings (SSSR count). The number of nitrogens with zero attached hydrogens (tertiary/aromatic N) is 1. The van der Waals surface area contributed by atoms with Gasteiger partial charge in [0.25, 0.3) is 0 Å². The number of hydrogen-bond acceptors (Lipinski definition) is 4. The van der Waals surface area contributed by atoms with Crippen molar-refractivity contribution in [1.29, 1.82) is 0 Å². The van der Waals surface area contributed by atoms with E-state index >= 15 is 0 Å². The third kappa shape index (κ3) is 4.03. The molecule has 4 nitrogen and oxygen atoms in total. The van der Waals surface area contributed by atoms with Crippen LogP contribution in [0, 0.1) is 0 Å². The number of hydrogen-bond donors (Lipinski definition) is 1. The minimum absolute atomic E-state index is 0.243. The van der Waals surface area contributed by atoms with Crippen molar-refractivity contribution in [2.75, 3.05) is 6.61 Å². The zero-order valence-corrected chi connectivity index (χ0v) is 13.1. The molecule has 1 aromatic heterocycles. The number of carbonyl (C=O) groups excluding carboxylic acids is 1. The first-order valence-electron chi connectivity index (χ1n) is 8.03. The number of esters is 1. The highest BCUT2D eigenvalue weighted by molar-refractivity contribution is 5.81. The predicted octanol–water partition coefficient (Wildman–Crippen LogP) is 3.17. The maximum Gasteiger partial charge on any atom is 0.332 e. The minimum Gasteiger partial charge on any atom is -0.464 e. The number of ether oxygens (including phenoxy) is 1. The normalized spacial score (nSPS) is 19.5. The standard InChI is InChI=1S/C17H26N2O2/c1-3-21-16(20)17(2,15-12-8-9-13-18-15)19-14-10-6-4-5-7-11-14/h8-9,12-14,19H,3-7,10-11H2,1-2H3. The summed E-state index contributed by atoms with van der Waals surface area (Å²) in [7, 11) is 0. The van der Waals surface area contributed by atoms with Crippen molar-refractivity contribution in [3.63, 3.8) is 0 Å². The summed E-state index contributed by atoms with van der Waals surface area (Å²) in [5.74, 6) is -0.243. The van der Waals surface area contributed by atoms with Crippen LogP contribution in [0.25, 0.3) is 0 Å². The molecule has 1 aliphatic carbocycles. The van der Waals surface area contributed by atoms with Gasteiger partial charge in [0.2, 0.25) is 0 Å². The molecule has 0 aliphatic heterocycles. The molecule has 0 bridgehead atoms. The highest BCUT2D eigenvalue weighted by Crippen LogP contribution is 2.25. The van der Waals surface area contributed by atoms with E-state index in [4.69, 9.17) is 4.74 Å². The molecule has 1 heterocycles. The van der Waals surface area contributed by atoms with Crippen molar-refractivity contribution in [1.82, 2.24) is 10.3 Å². The molecule has 0 amide bonds. The summed E-state index contributed by atoms with van der Waals surface area (Å²) < 4.78 is 5.29. The lowest BCUT2D eigenvalue weighted by molar-refractivity contribution is -0.151. The van der Waals surface area contributed by atoms with Crippen molar-refractivity contribution in [2.24, 2.45) is 0 Å². The maximum atomic E-state index is 12.5. The largest absolute Gasteiger partial charge is 0.464 e. The molecule has 1 atom stereocenters. The Labute approximate surface area is 127 Å². The Balaban J connectivity index is 2.21.